The van der Waals surface area contributed by atoms with Gasteiger partial charge in [0.15, 0.2) is 5.69 Å². The quantitative estimate of drug-likeness (QED) is 0.857. The fourth-order valence-corrected chi connectivity index (χ4v) is 2.96. The number of ether oxygens (including phenoxy) is 1. The van der Waals surface area contributed by atoms with E-state index in [1.165, 1.54) is 0 Å². The minimum atomic E-state index is -0.230. The molecule has 7 heteroatoms. The number of benzene rings is 1. The Morgan fingerprint density at radius 1 is 1.36 bits per heavy atom. The number of aromatic nitrogens is 3. The van der Waals surface area contributed by atoms with Crippen molar-refractivity contribution in [1.29, 1.82) is 0 Å². The molecule has 3 rings (SSSR count). The second-order valence-corrected chi connectivity index (χ2v) is 6.74. The maximum absolute atomic E-state index is 12.3. The number of nitrogens with zero attached hydrogens (tertiary/aromatic N) is 4. The van der Waals surface area contributed by atoms with Gasteiger partial charge in [-0.2, -0.15) is 0 Å². The van der Waals surface area contributed by atoms with E-state index in [1.807, 2.05) is 30.3 Å². The number of carbonyl (C=O) groups excluding carboxylic acids is 1. The second-order valence-electron chi connectivity index (χ2n) is 6.74. The predicted octanol–water partition coefficient (Wildman–Crippen LogP) is 1.35. The number of carbonyl (C=O) groups is 1. The van der Waals surface area contributed by atoms with Crippen LogP contribution in [0.15, 0.2) is 36.5 Å². The zero-order valence-electron chi connectivity index (χ0n) is 14.8. The first-order valence-electron chi connectivity index (χ1n) is 8.71. The van der Waals surface area contributed by atoms with Crippen molar-refractivity contribution >= 4 is 5.91 Å². The van der Waals surface area contributed by atoms with Crippen LogP contribution in [0.4, 0.5) is 0 Å². The first-order chi connectivity index (χ1) is 12.1. The maximum atomic E-state index is 12.3. The normalized spacial score (nSPS) is 18.4. The minimum Gasteiger partial charge on any atom is -0.374 e. The van der Waals surface area contributed by atoms with Crippen LogP contribution in [0.5, 0.6) is 0 Å². The minimum absolute atomic E-state index is 0.0145. The molecule has 1 aliphatic rings. The molecule has 2 heterocycles. The molecular weight excluding hydrogens is 318 g/mol. The molecule has 134 valence electrons. The molecule has 25 heavy (non-hydrogen) atoms. The Morgan fingerprint density at radius 3 is 2.92 bits per heavy atom. The Labute approximate surface area is 148 Å². The molecule has 1 atom stereocenters. The third-order valence-corrected chi connectivity index (χ3v) is 4.08. The zero-order chi connectivity index (χ0) is 17.6. The lowest BCUT2D eigenvalue weighted by Gasteiger charge is -2.33. The smallest absolute Gasteiger partial charge is 0.273 e. The molecule has 0 aliphatic carbocycles. The van der Waals surface area contributed by atoms with Gasteiger partial charge in [0.2, 0.25) is 0 Å². The van der Waals surface area contributed by atoms with Crippen molar-refractivity contribution in [3.63, 3.8) is 0 Å². The SMILES string of the molecule is CC(C)CN1CCOC(CNC(=O)c2cn(-c3ccccc3)nn2)C1. The molecule has 1 aromatic heterocycles. The Hall–Kier alpha value is -2.25. The molecule has 7 nitrogen and oxygen atoms in total. The number of hydrogen-bond donors (Lipinski definition) is 1. The van der Waals surface area contributed by atoms with Crippen LogP contribution < -0.4 is 5.32 Å². The second kappa shape index (κ2) is 8.22. The van der Waals surface area contributed by atoms with E-state index in [0.717, 1.165) is 25.3 Å². The van der Waals surface area contributed by atoms with Gasteiger partial charge in [-0.3, -0.25) is 9.69 Å². The van der Waals surface area contributed by atoms with Gasteiger partial charge in [0.1, 0.15) is 0 Å². The average molecular weight is 343 g/mol. The summed E-state index contributed by atoms with van der Waals surface area (Å²) in [6.07, 6.45) is 1.65. The summed E-state index contributed by atoms with van der Waals surface area (Å²) in [5.41, 5.74) is 1.17. The highest BCUT2D eigenvalue weighted by Gasteiger charge is 2.22. The van der Waals surface area contributed by atoms with Gasteiger partial charge in [0, 0.05) is 26.2 Å². The first-order valence-corrected chi connectivity index (χ1v) is 8.71. The number of para-hydroxylation sites is 1. The van der Waals surface area contributed by atoms with E-state index >= 15 is 0 Å². The van der Waals surface area contributed by atoms with Crippen LogP contribution in [0.3, 0.4) is 0 Å². The Morgan fingerprint density at radius 2 is 2.16 bits per heavy atom. The van der Waals surface area contributed by atoms with Crippen molar-refractivity contribution in [2.24, 2.45) is 5.92 Å². The van der Waals surface area contributed by atoms with Crippen LogP contribution in [-0.4, -0.2) is 64.7 Å². The van der Waals surface area contributed by atoms with Crippen LogP contribution in [0.2, 0.25) is 0 Å². The summed E-state index contributed by atoms with van der Waals surface area (Å²) < 4.78 is 7.35. The highest BCUT2D eigenvalue weighted by Crippen LogP contribution is 2.08. The van der Waals surface area contributed by atoms with Crippen LogP contribution in [0.1, 0.15) is 24.3 Å². The first kappa shape index (κ1) is 17.6. The van der Waals surface area contributed by atoms with E-state index in [4.69, 9.17) is 4.74 Å². The average Bonchev–Trinajstić information content (AvgIpc) is 3.10. The Balaban J connectivity index is 1.52. The molecule has 1 fully saturated rings. The van der Waals surface area contributed by atoms with Gasteiger partial charge >= 0.3 is 0 Å². The van der Waals surface area contributed by atoms with E-state index < -0.39 is 0 Å². The highest BCUT2D eigenvalue weighted by molar-refractivity contribution is 5.91. The third kappa shape index (κ3) is 4.87. The standard InChI is InChI=1S/C18H25N5O2/c1-14(2)11-22-8-9-25-16(12-22)10-19-18(24)17-13-23(21-20-17)15-6-4-3-5-7-15/h3-7,13-14,16H,8-12H2,1-2H3,(H,19,24). The van der Waals surface area contributed by atoms with Crippen LogP contribution in [0, 0.1) is 5.92 Å². The lowest BCUT2D eigenvalue weighted by atomic mass is 10.2. The number of amides is 1. The van der Waals surface area contributed by atoms with Crippen molar-refractivity contribution in [3.8, 4) is 5.69 Å². The van der Waals surface area contributed by atoms with Gasteiger partial charge in [-0.25, -0.2) is 4.68 Å². The predicted molar refractivity (Wildman–Crippen MR) is 94.7 cm³/mol. The molecule has 0 spiro atoms. The fraction of sp³-hybridized carbons (Fsp3) is 0.500. The van der Waals surface area contributed by atoms with Crippen molar-refractivity contribution < 1.29 is 9.53 Å². The van der Waals surface area contributed by atoms with E-state index in [-0.39, 0.29) is 12.0 Å². The van der Waals surface area contributed by atoms with Crippen molar-refractivity contribution in [2.75, 3.05) is 32.8 Å². The Bertz CT molecular complexity index is 686. The summed E-state index contributed by atoms with van der Waals surface area (Å²) in [6, 6.07) is 9.59. The third-order valence-electron chi connectivity index (χ3n) is 4.08. The largest absolute Gasteiger partial charge is 0.374 e. The Kier molecular flexibility index (Phi) is 5.78. The molecule has 0 saturated carbocycles. The topological polar surface area (TPSA) is 72.3 Å². The summed E-state index contributed by atoms with van der Waals surface area (Å²) in [6.45, 7) is 8.45. The molecular formula is C18H25N5O2. The maximum Gasteiger partial charge on any atom is 0.273 e. The number of hydrogen-bond acceptors (Lipinski definition) is 5. The monoisotopic (exact) mass is 343 g/mol. The van der Waals surface area contributed by atoms with Gasteiger partial charge in [-0.1, -0.05) is 37.3 Å². The van der Waals surface area contributed by atoms with Gasteiger partial charge in [0.25, 0.3) is 5.91 Å². The molecule has 2 aromatic rings. The van der Waals surface area contributed by atoms with Crippen molar-refractivity contribution in [3.05, 3.63) is 42.2 Å². The van der Waals surface area contributed by atoms with Crippen LogP contribution in [-0.2, 0) is 4.74 Å². The van der Waals surface area contributed by atoms with Crippen molar-refractivity contribution in [2.45, 2.75) is 20.0 Å². The van der Waals surface area contributed by atoms with Gasteiger partial charge in [0.05, 0.1) is 24.6 Å². The molecule has 1 N–H and O–H groups in total. The molecule has 1 amide bonds. The van der Waals surface area contributed by atoms with E-state index in [0.29, 0.717) is 24.8 Å². The summed E-state index contributed by atoms with van der Waals surface area (Å²) >= 11 is 0. The lowest BCUT2D eigenvalue weighted by molar-refractivity contribution is -0.0295. The molecule has 0 radical (unpaired) electrons. The van der Waals surface area contributed by atoms with E-state index in [9.17, 15) is 4.79 Å². The van der Waals surface area contributed by atoms with E-state index in [2.05, 4.69) is 34.4 Å². The molecule has 1 saturated heterocycles. The van der Waals surface area contributed by atoms with Crippen LogP contribution in [0.25, 0.3) is 5.69 Å². The number of nitrogens with one attached hydrogen (secondary N) is 1. The van der Waals surface area contributed by atoms with E-state index in [1.54, 1.807) is 10.9 Å². The van der Waals surface area contributed by atoms with Crippen LogP contribution >= 0.6 is 0 Å². The number of morpholine rings is 1. The van der Waals surface area contributed by atoms with Gasteiger partial charge in [-0.15, -0.1) is 5.10 Å². The fourth-order valence-electron chi connectivity index (χ4n) is 2.96. The zero-order valence-corrected chi connectivity index (χ0v) is 14.8. The summed E-state index contributed by atoms with van der Waals surface area (Å²) in [5.74, 6) is 0.396. The highest BCUT2D eigenvalue weighted by atomic mass is 16.5. The summed E-state index contributed by atoms with van der Waals surface area (Å²) in [5, 5.41) is 10.9. The molecule has 1 unspecified atom stereocenters. The van der Waals surface area contributed by atoms with Crippen molar-refractivity contribution in [1.82, 2.24) is 25.2 Å². The van der Waals surface area contributed by atoms with Gasteiger partial charge < -0.3 is 10.1 Å². The van der Waals surface area contributed by atoms with Gasteiger partial charge in [-0.05, 0) is 18.1 Å². The number of rotatable bonds is 6. The lowest BCUT2D eigenvalue weighted by Crippen LogP contribution is -2.48. The summed E-state index contributed by atoms with van der Waals surface area (Å²) in [7, 11) is 0. The molecule has 0 bridgehead atoms. The molecule has 1 aromatic carbocycles. The summed E-state index contributed by atoms with van der Waals surface area (Å²) in [4.78, 5) is 14.7. The molecule has 1 aliphatic heterocycles.